The van der Waals surface area contributed by atoms with E-state index in [-0.39, 0.29) is 12.0 Å². The third-order valence-corrected chi connectivity index (χ3v) is 13.7. The van der Waals surface area contributed by atoms with Gasteiger partial charge in [0.2, 0.25) is 0 Å². The lowest BCUT2D eigenvalue weighted by atomic mass is 9.80. The highest BCUT2D eigenvalue weighted by atomic mass is 14.6. The van der Waals surface area contributed by atoms with Crippen LogP contribution >= 0.6 is 0 Å². The van der Waals surface area contributed by atoms with Crippen LogP contribution in [0.5, 0.6) is 0 Å². The van der Waals surface area contributed by atoms with Crippen molar-refractivity contribution in [2.24, 2.45) is 5.73 Å². The molecule has 1 heteroatoms. The first-order valence-electron chi connectivity index (χ1n) is 24.3. The van der Waals surface area contributed by atoms with Crippen molar-refractivity contribution in [3.05, 3.63) is 275 Å². The second-order valence-corrected chi connectivity index (χ2v) is 18.0. The van der Waals surface area contributed by atoms with Crippen LogP contribution in [0.2, 0.25) is 0 Å². The lowest BCUT2D eigenvalue weighted by Gasteiger charge is -2.26. The highest BCUT2D eigenvalue weighted by molar-refractivity contribution is 6.21. The van der Waals surface area contributed by atoms with Crippen molar-refractivity contribution in [2.75, 3.05) is 0 Å². The van der Waals surface area contributed by atoms with E-state index < -0.39 is 0 Å². The van der Waals surface area contributed by atoms with E-state index in [9.17, 15) is 0 Å². The maximum atomic E-state index is 6.92. The van der Waals surface area contributed by atoms with Crippen LogP contribution in [0.15, 0.2) is 248 Å². The smallest absolute Gasteiger partial charge is 0.0332 e. The number of rotatable bonds is 8. The fourth-order valence-electron chi connectivity index (χ4n) is 10.2. The molecule has 0 aliphatic heterocycles. The van der Waals surface area contributed by atoms with Crippen LogP contribution in [-0.2, 0) is 0 Å². The summed E-state index contributed by atoms with van der Waals surface area (Å²) in [7, 11) is 0. The van der Waals surface area contributed by atoms with Gasteiger partial charge in [0.05, 0.1) is 0 Å². The fraction of sp³-hybridized carbons (Fsp3) is 0.0882. The van der Waals surface area contributed by atoms with Crippen LogP contribution in [0.3, 0.4) is 0 Å². The minimum atomic E-state index is -0.120. The van der Waals surface area contributed by atoms with Crippen LogP contribution in [0.25, 0.3) is 89.1 Å². The number of benzene rings is 9. The van der Waals surface area contributed by atoms with Crippen LogP contribution < -0.4 is 16.2 Å². The highest BCUT2D eigenvalue weighted by Gasteiger charge is 2.24. The van der Waals surface area contributed by atoms with Gasteiger partial charge in [0.1, 0.15) is 0 Å². The largest absolute Gasteiger partial charge is 0.324 e. The SMILES string of the molecule is C=c1cccc\c1=C/C=C\C=C/C(C)=C/C.NC1C=CC(c2c3ccccc3c(C3=CCCC=C3)c3ccccc23)=CC1c1ccc(-c2c3ccccc3c(-c3ccccc3)c3ccccc23)cc1. The van der Waals surface area contributed by atoms with Crippen molar-refractivity contribution in [3.63, 3.8) is 0 Å². The minimum Gasteiger partial charge on any atom is -0.324 e. The van der Waals surface area contributed by atoms with E-state index in [2.05, 4.69) is 226 Å². The monoisotopic (exact) mass is 887 g/mol. The van der Waals surface area contributed by atoms with E-state index in [0.717, 1.165) is 23.3 Å². The van der Waals surface area contributed by atoms with E-state index in [1.54, 1.807) is 0 Å². The van der Waals surface area contributed by atoms with E-state index >= 15 is 0 Å². The predicted molar refractivity (Wildman–Crippen MR) is 301 cm³/mol. The van der Waals surface area contributed by atoms with Gasteiger partial charge in [-0.15, -0.1) is 0 Å². The molecule has 0 radical (unpaired) electrons. The Balaban J connectivity index is 0.000000296. The van der Waals surface area contributed by atoms with Gasteiger partial charge in [-0.2, -0.15) is 0 Å². The Bertz CT molecular complexity index is 3590. The summed E-state index contributed by atoms with van der Waals surface area (Å²) >= 11 is 0. The van der Waals surface area contributed by atoms with E-state index in [4.69, 9.17) is 5.73 Å². The average Bonchev–Trinajstić information content (AvgIpc) is 3.40. The Kier molecular flexibility index (Phi) is 13.2. The Hall–Kier alpha value is -8.10. The first-order valence-corrected chi connectivity index (χ1v) is 24.3. The number of allylic oxidation sites excluding steroid dienone is 12. The molecule has 334 valence electrons. The second kappa shape index (κ2) is 20.4. The van der Waals surface area contributed by atoms with Gasteiger partial charge in [-0.05, 0) is 130 Å². The van der Waals surface area contributed by atoms with Gasteiger partial charge < -0.3 is 5.73 Å². The summed E-state index contributed by atoms with van der Waals surface area (Å²) in [5.74, 6) is 0.0409. The topological polar surface area (TPSA) is 26.0 Å². The van der Waals surface area contributed by atoms with Crippen LogP contribution in [-0.4, -0.2) is 6.04 Å². The van der Waals surface area contributed by atoms with E-state index in [0.29, 0.717) is 0 Å². The second-order valence-electron chi connectivity index (χ2n) is 18.0. The summed E-state index contributed by atoms with van der Waals surface area (Å²) in [4.78, 5) is 0. The zero-order valence-corrected chi connectivity index (χ0v) is 39.5. The molecule has 2 unspecified atom stereocenters. The number of hydrogen-bond donors (Lipinski definition) is 1. The molecule has 2 atom stereocenters. The van der Waals surface area contributed by atoms with Crippen molar-refractivity contribution in [3.8, 4) is 22.3 Å². The molecule has 2 N–H and O–H groups in total. The van der Waals surface area contributed by atoms with Gasteiger partial charge >= 0.3 is 0 Å². The van der Waals surface area contributed by atoms with Gasteiger partial charge in [-0.25, -0.2) is 0 Å². The first kappa shape index (κ1) is 44.7. The molecule has 0 fully saturated rings. The molecule has 1 nitrogen and oxygen atoms in total. The van der Waals surface area contributed by atoms with E-state index in [1.807, 2.05) is 43.4 Å². The molecule has 0 saturated heterocycles. The molecule has 9 aromatic rings. The Labute approximate surface area is 407 Å². The number of nitrogens with two attached hydrogens (primary N) is 1. The molecule has 0 bridgehead atoms. The maximum absolute atomic E-state index is 6.92. The van der Waals surface area contributed by atoms with Crippen molar-refractivity contribution < 1.29 is 0 Å². The highest BCUT2D eigenvalue weighted by Crippen LogP contribution is 2.46. The van der Waals surface area contributed by atoms with Gasteiger partial charge in [0, 0.05) is 12.0 Å². The summed E-state index contributed by atoms with van der Waals surface area (Å²) in [5.41, 5.74) is 19.6. The molecule has 11 rings (SSSR count). The number of fused-ring (bicyclic) bond motifs is 4. The van der Waals surface area contributed by atoms with Crippen LogP contribution in [0.1, 0.15) is 49.3 Å². The van der Waals surface area contributed by atoms with Gasteiger partial charge in [0.25, 0.3) is 0 Å². The summed E-state index contributed by atoms with van der Waals surface area (Å²) in [6.07, 6.45) is 28.4. The third-order valence-electron chi connectivity index (χ3n) is 13.7. The number of hydrogen-bond acceptors (Lipinski definition) is 1. The standard InChI is InChI=1S/C52H39N.C16H18/c53-48-32-31-38(52-45-25-13-11-23-43(45)50(36-17-5-2-6-18-36)44-24-12-14-26-46(44)52)33-47(48)34-27-29-37(30-28-34)51-41-21-9-7-19-39(41)49(35-15-3-1-4-16-35)40-20-8-10-22-42(40)51;1-4-14(2)10-6-5-7-12-16-13-9-8-11-15(16)3/h1,3-5,7-33,47-48H,2,6,53H2;4-13H,3H2,1-2H3/b;7-5-,10-6-,14-4+,16-12+. The molecule has 0 aromatic heterocycles. The Morgan fingerprint density at radius 3 is 1.52 bits per heavy atom. The molecular weight excluding hydrogens is 831 g/mol. The Morgan fingerprint density at radius 2 is 1.00 bits per heavy atom. The molecule has 0 spiro atoms. The van der Waals surface area contributed by atoms with Gasteiger partial charge in [-0.1, -0.05) is 261 Å². The predicted octanol–water partition coefficient (Wildman–Crippen LogP) is 16.4. The van der Waals surface area contributed by atoms with Crippen LogP contribution in [0, 0.1) is 0 Å². The maximum Gasteiger partial charge on any atom is 0.0332 e. The lowest BCUT2D eigenvalue weighted by molar-refractivity contribution is 0.716. The van der Waals surface area contributed by atoms with Crippen LogP contribution in [0.4, 0.5) is 0 Å². The summed E-state index contributed by atoms with van der Waals surface area (Å²) in [6, 6.07) is 63.5. The van der Waals surface area contributed by atoms with Crippen molar-refractivity contribution in [1.82, 2.24) is 0 Å². The normalized spacial score (nSPS) is 16.4. The first-order chi connectivity index (χ1) is 34.0. The molecule has 2 aliphatic rings. The molecule has 9 aromatic carbocycles. The molecule has 69 heavy (non-hydrogen) atoms. The summed E-state index contributed by atoms with van der Waals surface area (Å²) in [5, 5.41) is 12.4. The molecule has 0 heterocycles. The zero-order valence-electron chi connectivity index (χ0n) is 39.5. The van der Waals surface area contributed by atoms with Crippen molar-refractivity contribution in [1.29, 1.82) is 0 Å². The summed E-state index contributed by atoms with van der Waals surface area (Å²) < 4.78 is 0. The fourth-order valence-corrected chi connectivity index (χ4v) is 10.2. The third kappa shape index (κ3) is 9.18. The van der Waals surface area contributed by atoms with Crippen molar-refractivity contribution in [2.45, 2.75) is 38.6 Å². The lowest BCUT2D eigenvalue weighted by Crippen LogP contribution is -2.27. The minimum absolute atomic E-state index is 0.0409. The Morgan fingerprint density at radius 1 is 0.507 bits per heavy atom. The molecule has 0 saturated carbocycles. The van der Waals surface area contributed by atoms with Gasteiger partial charge in [-0.3, -0.25) is 0 Å². The van der Waals surface area contributed by atoms with Crippen molar-refractivity contribution >= 4 is 66.9 Å². The van der Waals surface area contributed by atoms with E-state index in [1.165, 1.54) is 98.8 Å². The quantitative estimate of drug-likeness (QED) is 0.119. The summed E-state index contributed by atoms with van der Waals surface area (Å²) in [6.45, 7) is 8.09. The molecular formula is C68H57N. The molecule has 0 amide bonds. The zero-order chi connectivity index (χ0) is 47.1. The molecule has 2 aliphatic carbocycles. The van der Waals surface area contributed by atoms with Gasteiger partial charge in [0.15, 0.2) is 0 Å². The average molecular weight is 888 g/mol.